The zero-order valence-electron chi connectivity index (χ0n) is 13.9. The fourth-order valence-corrected chi connectivity index (χ4v) is 3.39. The molecule has 2 aromatic carbocycles. The van der Waals surface area contributed by atoms with Crippen LogP contribution in [0.25, 0.3) is 38.0 Å². The first-order chi connectivity index (χ1) is 11.6. The van der Waals surface area contributed by atoms with Crippen molar-refractivity contribution >= 4 is 27.6 Å². The van der Waals surface area contributed by atoms with Crippen molar-refractivity contribution in [2.45, 2.75) is 13.8 Å². The average molecular weight is 313 g/mol. The van der Waals surface area contributed by atoms with E-state index in [0.29, 0.717) is 11.3 Å². The Kier molecular flexibility index (Phi) is 3.14. The van der Waals surface area contributed by atoms with Crippen LogP contribution in [0.15, 0.2) is 53.1 Å². The summed E-state index contributed by atoms with van der Waals surface area (Å²) < 4.78 is 8.18. The first-order valence-electron chi connectivity index (χ1n) is 7.89. The van der Waals surface area contributed by atoms with Crippen molar-refractivity contribution in [1.29, 1.82) is 0 Å². The molecular weight excluding hydrogens is 296 g/mol. The van der Waals surface area contributed by atoms with Crippen molar-refractivity contribution in [2.24, 2.45) is 7.05 Å². The molecule has 4 aromatic rings. The Morgan fingerprint density at radius 3 is 2.67 bits per heavy atom. The van der Waals surface area contributed by atoms with Crippen LogP contribution in [-0.2, 0) is 7.05 Å². The molecule has 0 atom stereocenters. The van der Waals surface area contributed by atoms with E-state index < -0.39 is 0 Å². The van der Waals surface area contributed by atoms with Gasteiger partial charge in [0.15, 0.2) is 6.20 Å². The van der Waals surface area contributed by atoms with Gasteiger partial charge in [-0.2, -0.15) is 0 Å². The summed E-state index contributed by atoms with van der Waals surface area (Å²) in [6, 6.07) is 14.3. The molecule has 0 aliphatic heterocycles. The van der Waals surface area contributed by atoms with Gasteiger partial charge < -0.3 is 4.42 Å². The smallest absolute Gasteiger partial charge is 0.229 e. The number of furan rings is 1. The first kappa shape index (κ1) is 14.5. The van der Waals surface area contributed by atoms with E-state index in [9.17, 15) is 0 Å². The molecule has 3 nitrogen and oxygen atoms in total. The molecule has 0 unspecified atom stereocenters. The molecule has 0 saturated carbocycles. The lowest BCUT2D eigenvalue weighted by atomic mass is 9.97. The first-order valence-corrected chi connectivity index (χ1v) is 7.89. The van der Waals surface area contributed by atoms with Gasteiger partial charge in [0, 0.05) is 22.9 Å². The van der Waals surface area contributed by atoms with Crippen LogP contribution in [0.3, 0.4) is 0 Å². The van der Waals surface area contributed by atoms with Gasteiger partial charge in [0.05, 0.1) is 12.1 Å². The van der Waals surface area contributed by atoms with Gasteiger partial charge in [0.1, 0.15) is 18.2 Å². The zero-order valence-corrected chi connectivity index (χ0v) is 13.9. The summed E-state index contributed by atoms with van der Waals surface area (Å²) in [5.74, 6) is 0. The largest absolute Gasteiger partial charge is 0.467 e. The van der Waals surface area contributed by atoms with Crippen LogP contribution >= 0.6 is 0 Å². The van der Waals surface area contributed by atoms with Gasteiger partial charge in [-0.15, -0.1) is 0 Å². The number of aryl methyl sites for hydroxylation is 3. The molecule has 2 heterocycles. The highest BCUT2D eigenvalue weighted by molar-refractivity contribution is 6.15. The third-order valence-corrected chi connectivity index (χ3v) is 4.50. The predicted molar refractivity (Wildman–Crippen MR) is 96.1 cm³/mol. The van der Waals surface area contributed by atoms with E-state index in [0.717, 1.165) is 33.2 Å². The van der Waals surface area contributed by atoms with Crippen molar-refractivity contribution in [1.82, 2.24) is 0 Å². The minimum Gasteiger partial charge on any atom is -0.467 e. The van der Waals surface area contributed by atoms with E-state index >= 15 is 0 Å². The molecule has 0 saturated heterocycles. The third-order valence-electron chi connectivity index (χ3n) is 4.50. The van der Waals surface area contributed by atoms with Gasteiger partial charge in [-0.1, -0.05) is 17.7 Å². The van der Waals surface area contributed by atoms with Crippen LogP contribution in [0, 0.1) is 20.4 Å². The van der Waals surface area contributed by atoms with Crippen molar-refractivity contribution in [3.63, 3.8) is 0 Å². The predicted octanol–water partition coefficient (Wildman–Crippen LogP) is 5.25. The number of aromatic nitrogens is 1. The van der Waals surface area contributed by atoms with E-state index in [1.807, 2.05) is 44.4 Å². The lowest BCUT2D eigenvalue weighted by Crippen LogP contribution is -2.30. The number of benzene rings is 2. The highest BCUT2D eigenvalue weighted by Crippen LogP contribution is 2.41. The topological polar surface area (TPSA) is 21.4 Å². The number of hydrogen-bond donors (Lipinski definition) is 0. The second-order valence-corrected chi connectivity index (χ2v) is 6.20. The highest BCUT2D eigenvalue weighted by atomic mass is 16.3. The molecule has 0 N–H and O–H groups in total. The molecule has 0 fully saturated rings. The molecule has 0 spiro atoms. The molecule has 116 valence electrons. The van der Waals surface area contributed by atoms with Gasteiger partial charge in [-0.3, -0.25) is 0 Å². The molecule has 0 amide bonds. The standard InChI is InChI=1S/C21H17N2O/c1-13-11-15-20-18(24-21(15)16(12-13)22-3)9-8-14(2)19(20)17-7-5-6-10-23(17)4/h5-12H,1-2,4H3/q+1. The van der Waals surface area contributed by atoms with Crippen LogP contribution in [-0.4, -0.2) is 0 Å². The fourth-order valence-electron chi connectivity index (χ4n) is 3.39. The van der Waals surface area contributed by atoms with Gasteiger partial charge in [-0.05, 0) is 37.6 Å². The van der Waals surface area contributed by atoms with E-state index in [1.54, 1.807) is 0 Å². The molecule has 24 heavy (non-hydrogen) atoms. The number of nitrogens with zero attached hydrogens (tertiary/aromatic N) is 2. The summed E-state index contributed by atoms with van der Waals surface area (Å²) in [5, 5.41) is 2.10. The van der Waals surface area contributed by atoms with E-state index in [1.165, 1.54) is 5.56 Å². The van der Waals surface area contributed by atoms with Crippen molar-refractivity contribution < 1.29 is 8.98 Å². The lowest BCUT2D eigenvalue weighted by Gasteiger charge is -2.06. The number of hydrogen-bond acceptors (Lipinski definition) is 1. The number of rotatable bonds is 1. The highest BCUT2D eigenvalue weighted by Gasteiger charge is 2.21. The fraction of sp³-hybridized carbons (Fsp3) is 0.143. The Balaban J connectivity index is 2.24. The summed E-state index contributed by atoms with van der Waals surface area (Å²) >= 11 is 0. The summed E-state index contributed by atoms with van der Waals surface area (Å²) in [6.45, 7) is 11.6. The Morgan fingerprint density at radius 2 is 1.92 bits per heavy atom. The van der Waals surface area contributed by atoms with Crippen LogP contribution in [0.2, 0.25) is 0 Å². The monoisotopic (exact) mass is 313 g/mol. The number of pyridine rings is 1. The summed E-state index contributed by atoms with van der Waals surface area (Å²) in [6.07, 6.45) is 2.05. The van der Waals surface area contributed by atoms with Gasteiger partial charge in [0.25, 0.3) is 0 Å². The molecule has 0 bridgehead atoms. The third kappa shape index (κ3) is 2.00. The summed E-state index contributed by atoms with van der Waals surface area (Å²) in [5.41, 5.74) is 6.63. The van der Waals surface area contributed by atoms with E-state index in [-0.39, 0.29) is 0 Å². The summed E-state index contributed by atoms with van der Waals surface area (Å²) in [7, 11) is 2.05. The molecule has 0 radical (unpaired) electrons. The molecule has 4 rings (SSSR count). The second kappa shape index (κ2) is 5.21. The normalized spacial score (nSPS) is 11.1. The Bertz CT molecular complexity index is 1150. The molecule has 0 aliphatic rings. The zero-order chi connectivity index (χ0) is 16.8. The lowest BCUT2D eigenvalue weighted by molar-refractivity contribution is -0.660. The van der Waals surface area contributed by atoms with Gasteiger partial charge in [0.2, 0.25) is 11.4 Å². The minimum absolute atomic E-state index is 0.572. The van der Waals surface area contributed by atoms with Crippen LogP contribution in [0.4, 0.5) is 5.69 Å². The van der Waals surface area contributed by atoms with Crippen LogP contribution in [0.5, 0.6) is 0 Å². The van der Waals surface area contributed by atoms with Crippen LogP contribution < -0.4 is 4.57 Å². The maximum Gasteiger partial charge on any atom is 0.229 e. The van der Waals surface area contributed by atoms with Crippen LogP contribution in [0.1, 0.15) is 11.1 Å². The number of fused-ring (bicyclic) bond motifs is 3. The Hall–Kier alpha value is -3.12. The average Bonchev–Trinajstić information content (AvgIpc) is 2.94. The molecule has 2 aromatic heterocycles. The summed E-state index contributed by atoms with van der Waals surface area (Å²) in [4.78, 5) is 3.65. The Labute approximate surface area is 140 Å². The maximum absolute atomic E-state index is 7.45. The van der Waals surface area contributed by atoms with Crippen molar-refractivity contribution in [3.8, 4) is 11.3 Å². The maximum atomic E-state index is 7.45. The van der Waals surface area contributed by atoms with Gasteiger partial charge in [-0.25, -0.2) is 9.41 Å². The van der Waals surface area contributed by atoms with E-state index in [2.05, 4.69) is 34.5 Å². The molecule has 0 aliphatic carbocycles. The molecular formula is C21H17N2O+. The quantitative estimate of drug-likeness (QED) is 0.347. The molecule has 3 heteroatoms. The van der Waals surface area contributed by atoms with Crippen molar-refractivity contribution in [3.05, 3.63) is 71.2 Å². The van der Waals surface area contributed by atoms with Gasteiger partial charge >= 0.3 is 0 Å². The second-order valence-electron chi connectivity index (χ2n) is 6.20. The Morgan fingerprint density at radius 1 is 1.08 bits per heavy atom. The SMILES string of the molecule is [C-]#[N+]c1cc(C)cc2c1oc1ccc(C)c(-c3cccc[n+]3C)c12. The van der Waals surface area contributed by atoms with Crippen molar-refractivity contribution in [2.75, 3.05) is 0 Å². The van der Waals surface area contributed by atoms with E-state index in [4.69, 9.17) is 11.0 Å². The minimum atomic E-state index is 0.572.